The van der Waals surface area contributed by atoms with Crippen molar-refractivity contribution in [1.82, 2.24) is 10.3 Å². The lowest BCUT2D eigenvalue weighted by Gasteiger charge is -2.18. The summed E-state index contributed by atoms with van der Waals surface area (Å²) in [4.78, 5) is 6.44. The third-order valence-corrected chi connectivity index (χ3v) is 4.97. The summed E-state index contributed by atoms with van der Waals surface area (Å²) in [6.07, 6.45) is 4.89. The van der Waals surface area contributed by atoms with Crippen LogP contribution in [0.1, 0.15) is 88.7 Å². The van der Waals surface area contributed by atoms with Crippen molar-refractivity contribution in [2.24, 2.45) is 0 Å². The molecule has 3 heteroatoms. The molecule has 0 radical (unpaired) electrons. The zero-order valence-electron chi connectivity index (χ0n) is 14.2. The molecule has 0 unspecified atom stereocenters. The van der Waals surface area contributed by atoms with Gasteiger partial charge in [-0.25, -0.2) is 4.98 Å². The van der Waals surface area contributed by atoms with Crippen LogP contribution in [-0.4, -0.2) is 11.5 Å². The van der Waals surface area contributed by atoms with Gasteiger partial charge in [0, 0.05) is 22.8 Å². The predicted octanol–water partition coefficient (Wildman–Crippen LogP) is 5.23. The van der Waals surface area contributed by atoms with Gasteiger partial charge in [-0.2, -0.15) is 0 Å². The lowest BCUT2D eigenvalue weighted by molar-refractivity contribution is 0.549. The third kappa shape index (κ3) is 4.85. The molecule has 0 fully saturated rings. The van der Waals surface area contributed by atoms with E-state index in [1.165, 1.54) is 41.3 Å². The Morgan fingerprint density at radius 2 is 1.80 bits per heavy atom. The topological polar surface area (TPSA) is 24.9 Å². The molecule has 0 bridgehead atoms. The summed E-state index contributed by atoms with van der Waals surface area (Å²) in [6.45, 7) is 15.7. The van der Waals surface area contributed by atoms with Crippen LogP contribution in [0.3, 0.4) is 0 Å². The largest absolute Gasteiger partial charge is 0.312 e. The molecule has 0 amide bonds. The van der Waals surface area contributed by atoms with E-state index in [0.717, 1.165) is 13.1 Å². The van der Waals surface area contributed by atoms with Crippen molar-refractivity contribution < 1.29 is 0 Å². The van der Waals surface area contributed by atoms with Crippen molar-refractivity contribution >= 4 is 11.3 Å². The Morgan fingerprint density at radius 1 is 1.15 bits per heavy atom. The molecule has 20 heavy (non-hydrogen) atoms. The van der Waals surface area contributed by atoms with Crippen LogP contribution in [0.4, 0.5) is 0 Å². The second-order valence-electron chi connectivity index (χ2n) is 6.62. The molecule has 1 aromatic rings. The molecular formula is C17H32N2S. The van der Waals surface area contributed by atoms with Gasteiger partial charge >= 0.3 is 0 Å². The average Bonchev–Trinajstić information content (AvgIpc) is 2.80. The molecule has 1 rings (SSSR count). The molecule has 1 heterocycles. The summed E-state index contributed by atoms with van der Waals surface area (Å²) in [5, 5.41) is 4.91. The maximum atomic E-state index is 5.00. The van der Waals surface area contributed by atoms with E-state index < -0.39 is 0 Å². The maximum absolute atomic E-state index is 5.00. The van der Waals surface area contributed by atoms with Gasteiger partial charge in [0.15, 0.2) is 0 Å². The second kappa shape index (κ2) is 8.14. The fourth-order valence-corrected chi connectivity index (χ4v) is 3.90. The lowest BCUT2D eigenvalue weighted by Crippen LogP contribution is -2.19. The summed E-state index contributed by atoms with van der Waals surface area (Å²) in [6, 6.07) is 0. The molecule has 0 aliphatic heterocycles. The van der Waals surface area contributed by atoms with E-state index >= 15 is 0 Å². The van der Waals surface area contributed by atoms with Crippen molar-refractivity contribution in [3.63, 3.8) is 0 Å². The van der Waals surface area contributed by atoms with Crippen LogP contribution in [0, 0.1) is 0 Å². The van der Waals surface area contributed by atoms with Gasteiger partial charge in [-0.05, 0) is 25.8 Å². The van der Waals surface area contributed by atoms with Gasteiger partial charge in [0.2, 0.25) is 0 Å². The zero-order chi connectivity index (χ0) is 15.2. The molecule has 0 saturated carbocycles. The van der Waals surface area contributed by atoms with Crippen LogP contribution in [0.5, 0.6) is 0 Å². The number of hydrogen-bond donors (Lipinski definition) is 1. The number of thiazole rings is 1. The summed E-state index contributed by atoms with van der Waals surface area (Å²) in [5.74, 6) is 0.630. The fraction of sp³-hybridized carbons (Fsp3) is 0.824. The molecule has 0 aliphatic carbocycles. The Labute approximate surface area is 129 Å². The van der Waals surface area contributed by atoms with Crippen molar-refractivity contribution in [2.45, 2.75) is 85.1 Å². The fourth-order valence-electron chi connectivity index (χ4n) is 2.39. The summed E-state index contributed by atoms with van der Waals surface area (Å²) >= 11 is 1.93. The van der Waals surface area contributed by atoms with E-state index in [0.29, 0.717) is 5.92 Å². The number of aromatic nitrogens is 1. The number of nitrogens with zero attached hydrogens (tertiary/aromatic N) is 1. The van der Waals surface area contributed by atoms with Crippen molar-refractivity contribution in [2.75, 3.05) is 6.54 Å². The first-order valence-electron chi connectivity index (χ1n) is 8.14. The molecule has 2 nitrogen and oxygen atoms in total. The Bertz CT molecular complexity index is 386. The molecule has 1 aromatic heterocycles. The highest BCUT2D eigenvalue weighted by Gasteiger charge is 2.24. The van der Waals surface area contributed by atoms with Gasteiger partial charge in [0.1, 0.15) is 0 Å². The van der Waals surface area contributed by atoms with E-state index in [4.69, 9.17) is 4.98 Å². The Hall–Kier alpha value is -0.410. The van der Waals surface area contributed by atoms with Crippen LogP contribution in [0.15, 0.2) is 0 Å². The van der Waals surface area contributed by atoms with Gasteiger partial charge in [-0.3, -0.25) is 0 Å². The van der Waals surface area contributed by atoms with Crippen LogP contribution in [0.2, 0.25) is 0 Å². The highest BCUT2D eigenvalue weighted by atomic mass is 32.1. The second-order valence-corrected chi connectivity index (χ2v) is 7.73. The molecular weight excluding hydrogens is 264 g/mol. The van der Waals surface area contributed by atoms with Gasteiger partial charge in [0.05, 0.1) is 10.7 Å². The SMILES string of the molecule is CCCCNCc1sc(C(CC)CC)nc1C(C)(C)C. The number of nitrogens with one attached hydrogen (secondary N) is 1. The quantitative estimate of drug-likeness (QED) is 0.664. The maximum Gasteiger partial charge on any atom is 0.0962 e. The zero-order valence-corrected chi connectivity index (χ0v) is 15.0. The summed E-state index contributed by atoms with van der Waals surface area (Å²) in [5.41, 5.74) is 1.44. The van der Waals surface area contributed by atoms with E-state index in [1.54, 1.807) is 0 Å². The van der Waals surface area contributed by atoms with Crippen molar-refractivity contribution in [3.8, 4) is 0 Å². The first-order valence-corrected chi connectivity index (χ1v) is 8.96. The van der Waals surface area contributed by atoms with E-state index in [2.05, 4.69) is 46.9 Å². The van der Waals surface area contributed by atoms with Crippen molar-refractivity contribution in [1.29, 1.82) is 0 Å². The molecule has 116 valence electrons. The van der Waals surface area contributed by atoms with Crippen LogP contribution < -0.4 is 5.32 Å². The van der Waals surface area contributed by atoms with Crippen LogP contribution >= 0.6 is 11.3 Å². The normalized spacial score (nSPS) is 12.3. The third-order valence-electron chi connectivity index (χ3n) is 3.75. The Morgan fingerprint density at radius 3 is 2.30 bits per heavy atom. The average molecular weight is 297 g/mol. The monoisotopic (exact) mass is 296 g/mol. The Balaban J connectivity index is 2.89. The minimum absolute atomic E-state index is 0.141. The first kappa shape index (κ1) is 17.6. The molecule has 0 aliphatic rings. The lowest BCUT2D eigenvalue weighted by atomic mass is 9.91. The van der Waals surface area contributed by atoms with E-state index in [9.17, 15) is 0 Å². The predicted molar refractivity (Wildman–Crippen MR) is 90.8 cm³/mol. The van der Waals surface area contributed by atoms with Gasteiger partial charge in [0.25, 0.3) is 0 Å². The van der Waals surface area contributed by atoms with E-state index in [-0.39, 0.29) is 5.41 Å². The standard InChI is InChI=1S/C17H32N2S/c1-7-10-11-18-12-14-15(17(4,5)6)19-16(20-14)13(8-2)9-3/h13,18H,7-12H2,1-6H3. The number of unbranched alkanes of at least 4 members (excludes halogenated alkanes) is 1. The molecule has 0 spiro atoms. The van der Waals surface area contributed by atoms with Gasteiger partial charge < -0.3 is 5.32 Å². The molecule has 0 aromatic carbocycles. The highest BCUT2D eigenvalue weighted by molar-refractivity contribution is 7.11. The summed E-state index contributed by atoms with van der Waals surface area (Å²) in [7, 11) is 0. The van der Waals surface area contributed by atoms with E-state index in [1.807, 2.05) is 11.3 Å². The van der Waals surface area contributed by atoms with Crippen molar-refractivity contribution in [3.05, 3.63) is 15.6 Å². The molecule has 0 saturated heterocycles. The minimum atomic E-state index is 0.141. The Kier molecular flexibility index (Phi) is 7.18. The van der Waals surface area contributed by atoms with Gasteiger partial charge in [-0.1, -0.05) is 48.0 Å². The van der Waals surface area contributed by atoms with Crippen LogP contribution in [0.25, 0.3) is 0 Å². The highest BCUT2D eigenvalue weighted by Crippen LogP contribution is 2.34. The van der Waals surface area contributed by atoms with Gasteiger partial charge in [-0.15, -0.1) is 11.3 Å². The molecule has 0 atom stereocenters. The molecule has 1 N–H and O–H groups in total. The smallest absolute Gasteiger partial charge is 0.0962 e. The van der Waals surface area contributed by atoms with Crippen LogP contribution in [-0.2, 0) is 12.0 Å². The number of rotatable bonds is 8. The minimum Gasteiger partial charge on any atom is -0.312 e. The first-order chi connectivity index (χ1) is 9.43. The number of hydrogen-bond acceptors (Lipinski definition) is 3. The summed E-state index contributed by atoms with van der Waals surface area (Å²) < 4.78 is 0.